The number of phenolic OH excluding ortho intramolecular Hbond substituents is 1. The second-order valence-corrected chi connectivity index (χ2v) is 5.64. The largest absolute Gasteiger partial charge is 0.508 e. The Bertz CT molecular complexity index is 916. The average molecular weight is 333 g/mol. The van der Waals surface area contributed by atoms with Crippen molar-refractivity contribution < 1.29 is 14.6 Å². The number of carbonyl (C=O) groups is 1. The molecule has 3 aromatic carbocycles. The van der Waals surface area contributed by atoms with E-state index in [-0.39, 0.29) is 11.7 Å². The molecule has 4 heteroatoms. The van der Waals surface area contributed by atoms with Crippen LogP contribution in [0, 0.1) is 0 Å². The number of aromatic hydroxyl groups is 1. The summed E-state index contributed by atoms with van der Waals surface area (Å²) in [6.45, 7) is 3.52. The summed E-state index contributed by atoms with van der Waals surface area (Å²) in [6.07, 6.45) is 1.22. The number of phenols is 1. The molecule has 0 aromatic heterocycles. The van der Waals surface area contributed by atoms with Crippen LogP contribution in [-0.2, 0) is 4.79 Å². The molecule has 3 aromatic rings. The van der Waals surface area contributed by atoms with Crippen LogP contribution in [-0.4, -0.2) is 18.1 Å². The molecule has 0 aliphatic carbocycles. The maximum Gasteiger partial charge on any atom is 0.244 e. The predicted octanol–water partition coefficient (Wildman–Crippen LogP) is 3.95. The number of methoxy groups -OCH3 is 1. The van der Waals surface area contributed by atoms with Crippen LogP contribution in [0.1, 0.15) is 17.2 Å². The van der Waals surface area contributed by atoms with Gasteiger partial charge in [-0.25, -0.2) is 0 Å². The van der Waals surface area contributed by atoms with Crippen LogP contribution in [0.25, 0.3) is 10.8 Å². The molecule has 0 aliphatic heterocycles. The SMILES string of the molecule is C=CC(=O)NC(c1ccc(OC)cc1)c1c(O)ccc2ccccc12. The zero-order valence-corrected chi connectivity index (χ0v) is 13.9. The highest BCUT2D eigenvalue weighted by molar-refractivity contribution is 5.91. The molecule has 126 valence electrons. The van der Waals surface area contributed by atoms with Crippen molar-refractivity contribution in [3.63, 3.8) is 0 Å². The maximum atomic E-state index is 12.0. The normalized spacial score (nSPS) is 11.7. The summed E-state index contributed by atoms with van der Waals surface area (Å²) in [4.78, 5) is 12.0. The van der Waals surface area contributed by atoms with E-state index < -0.39 is 6.04 Å². The number of hydrogen-bond acceptors (Lipinski definition) is 3. The smallest absolute Gasteiger partial charge is 0.244 e. The fourth-order valence-electron chi connectivity index (χ4n) is 2.91. The molecular weight excluding hydrogens is 314 g/mol. The zero-order valence-electron chi connectivity index (χ0n) is 13.9. The Morgan fingerprint density at radius 2 is 1.84 bits per heavy atom. The van der Waals surface area contributed by atoms with Gasteiger partial charge in [-0.1, -0.05) is 49.0 Å². The van der Waals surface area contributed by atoms with Crippen LogP contribution in [0.15, 0.2) is 73.3 Å². The number of fused-ring (bicyclic) bond motifs is 1. The Labute approximate surface area is 146 Å². The van der Waals surface area contributed by atoms with Gasteiger partial charge in [0.1, 0.15) is 11.5 Å². The quantitative estimate of drug-likeness (QED) is 0.695. The number of amides is 1. The molecule has 1 unspecified atom stereocenters. The molecule has 0 saturated heterocycles. The molecular formula is C21H19NO3. The van der Waals surface area contributed by atoms with Crippen LogP contribution < -0.4 is 10.1 Å². The van der Waals surface area contributed by atoms with E-state index in [0.717, 1.165) is 22.1 Å². The van der Waals surface area contributed by atoms with Gasteiger partial charge in [0.05, 0.1) is 13.2 Å². The van der Waals surface area contributed by atoms with Crippen molar-refractivity contribution in [2.45, 2.75) is 6.04 Å². The van der Waals surface area contributed by atoms with E-state index in [4.69, 9.17) is 4.74 Å². The summed E-state index contributed by atoms with van der Waals surface area (Å²) >= 11 is 0. The fraction of sp³-hybridized carbons (Fsp3) is 0.0952. The van der Waals surface area contributed by atoms with Gasteiger partial charge in [-0.3, -0.25) is 4.79 Å². The molecule has 0 spiro atoms. The minimum Gasteiger partial charge on any atom is -0.508 e. The lowest BCUT2D eigenvalue weighted by Crippen LogP contribution is -2.27. The van der Waals surface area contributed by atoms with Gasteiger partial charge in [0.25, 0.3) is 0 Å². The van der Waals surface area contributed by atoms with E-state index in [1.165, 1.54) is 6.08 Å². The first-order valence-corrected chi connectivity index (χ1v) is 7.91. The summed E-state index contributed by atoms with van der Waals surface area (Å²) in [5.41, 5.74) is 1.49. The monoisotopic (exact) mass is 333 g/mol. The highest BCUT2D eigenvalue weighted by Gasteiger charge is 2.21. The lowest BCUT2D eigenvalue weighted by molar-refractivity contribution is -0.116. The van der Waals surface area contributed by atoms with Crippen molar-refractivity contribution in [2.24, 2.45) is 0 Å². The van der Waals surface area contributed by atoms with E-state index in [0.29, 0.717) is 5.56 Å². The van der Waals surface area contributed by atoms with E-state index >= 15 is 0 Å². The molecule has 3 rings (SSSR count). The van der Waals surface area contributed by atoms with Crippen LogP contribution in [0.5, 0.6) is 11.5 Å². The molecule has 1 atom stereocenters. The molecule has 25 heavy (non-hydrogen) atoms. The van der Waals surface area contributed by atoms with E-state index in [2.05, 4.69) is 11.9 Å². The minimum absolute atomic E-state index is 0.129. The van der Waals surface area contributed by atoms with Crippen LogP contribution in [0.4, 0.5) is 0 Å². The third kappa shape index (κ3) is 3.33. The first kappa shape index (κ1) is 16.6. The van der Waals surface area contributed by atoms with Crippen molar-refractivity contribution in [1.82, 2.24) is 5.32 Å². The molecule has 0 radical (unpaired) electrons. The number of rotatable bonds is 5. The van der Waals surface area contributed by atoms with Crippen molar-refractivity contribution in [1.29, 1.82) is 0 Å². The van der Waals surface area contributed by atoms with Crippen LogP contribution in [0.2, 0.25) is 0 Å². The molecule has 1 amide bonds. The van der Waals surface area contributed by atoms with Gasteiger partial charge in [0.15, 0.2) is 0 Å². The molecule has 2 N–H and O–H groups in total. The van der Waals surface area contributed by atoms with Crippen LogP contribution >= 0.6 is 0 Å². The number of carbonyl (C=O) groups excluding carboxylic acids is 1. The number of hydrogen-bond donors (Lipinski definition) is 2. The van der Waals surface area contributed by atoms with Gasteiger partial charge >= 0.3 is 0 Å². The Balaban J connectivity index is 2.19. The van der Waals surface area contributed by atoms with Crippen LogP contribution in [0.3, 0.4) is 0 Å². The predicted molar refractivity (Wildman–Crippen MR) is 98.8 cm³/mol. The Morgan fingerprint density at radius 3 is 2.52 bits per heavy atom. The summed E-state index contributed by atoms with van der Waals surface area (Å²) in [5, 5.41) is 15.3. The molecule has 4 nitrogen and oxygen atoms in total. The van der Waals surface area contributed by atoms with Gasteiger partial charge in [0, 0.05) is 5.56 Å². The Morgan fingerprint density at radius 1 is 1.12 bits per heavy atom. The highest BCUT2D eigenvalue weighted by atomic mass is 16.5. The number of nitrogens with one attached hydrogen (secondary N) is 1. The first-order chi connectivity index (χ1) is 12.1. The van der Waals surface area contributed by atoms with Crippen molar-refractivity contribution in [3.8, 4) is 11.5 Å². The summed E-state index contributed by atoms with van der Waals surface area (Å²) in [7, 11) is 1.60. The van der Waals surface area contributed by atoms with Gasteiger partial charge in [-0.15, -0.1) is 0 Å². The Kier molecular flexibility index (Phi) is 4.70. The van der Waals surface area contributed by atoms with Crippen molar-refractivity contribution in [3.05, 3.63) is 84.4 Å². The van der Waals surface area contributed by atoms with E-state index in [1.54, 1.807) is 13.2 Å². The topological polar surface area (TPSA) is 58.6 Å². The molecule has 0 aliphatic rings. The lowest BCUT2D eigenvalue weighted by atomic mass is 9.92. The number of benzene rings is 3. The van der Waals surface area contributed by atoms with E-state index in [1.807, 2.05) is 54.6 Å². The third-order valence-corrected chi connectivity index (χ3v) is 4.16. The fourth-order valence-corrected chi connectivity index (χ4v) is 2.91. The van der Waals surface area contributed by atoms with E-state index in [9.17, 15) is 9.90 Å². The van der Waals surface area contributed by atoms with Gasteiger partial charge < -0.3 is 15.2 Å². The maximum absolute atomic E-state index is 12.0. The molecule has 0 heterocycles. The standard InChI is InChI=1S/C21H19NO3/c1-3-19(24)22-21(15-8-11-16(25-2)12-9-15)20-17-7-5-4-6-14(17)10-13-18(20)23/h3-13,21,23H,1H2,2H3,(H,22,24). The second-order valence-electron chi connectivity index (χ2n) is 5.64. The third-order valence-electron chi connectivity index (χ3n) is 4.16. The average Bonchev–Trinajstić information content (AvgIpc) is 2.66. The van der Waals surface area contributed by atoms with Gasteiger partial charge in [-0.2, -0.15) is 0 Å². The first-order valence-electron chi connectivity index (χ1n) is 7.91. The summed E-state index contributed by atoms with van der Waals surface area (Å²) in [6, 6.07) is 18.1. The Hall–Kier alpha value is -3.27. The highest BCUT2D eigenvalue weighted by Crippen LogP contribution is 2.36. The number of ether oxygens (including phenoxy) is 1. The lowest BCUT2D eigenvalue weighted by Gasteiger charge is -2.22. The summed E-state index contributed by atoms with van der Waals surface area (Å²) < 4.78 is 5.20. The summed E-state index contributed by atoms with van der Waals surface area (Å²) in [5.74, 6) is 0.539. The molecule has 0 fully saturated rings. The zero-order chi connectivity index (χ0) is 17.8. The van der Waals surface area contributed by atoms with Gasteiger partial charge in [0.2, 0.25) is 5.91 Å². The molecule has 0 saturated carbocycles. The van der Waals surface area contributed by atoms with Crippen molar-refractivity contribution >= 4 is 16.7 Å². The molecule has 0 bridgehead atoms. The van der Waals surface area contributed by atoms with Gasteiger partial charge in [-0.05, 0) is 40.6 Å². The van der Waals surface area contributed by atoms with Crippen molar-refractivity contribution in [2.75, 3.05) is 7.11 Å². The second kappa shape index (κ2) is 7.09. The minimum atomic E-state index is -0.512.